The third kappa shape index (κ3) is 4.96. The number of nitriles is 1. The highest BCUT2D eigenvalue weighted by Gasteiger charge is 2.16. The molecule has 0 saturated carbocycles. The summed E-state index contributed by atoms with van der Waals surface area (Å²) >= 11 is 0. The lowest BCUT2D eigenvalue weighted by Gasteiger charge is -2.15. The lowest BCUT2D eigenvalue weighted by atomic mass is 10.2. The largest absolute Gasteiger partial charge is 0.469 e. The first-order valence-corrected chi connectivity index (χ1v) is 7.73. The number of nitrogens with one attached hydrogen (secondary N) is 1. The highest BCUT2D eigenvalue weighted by molar-refractivity contribution is 7.92. The van der Waals surface area contributed by atoms with E-state index in [2.05, 4.69) is 9.46 Å². The summed E-state index contributed by atoms with van der Waals surface area (Å²) in [5.41, 5.74) is 1.15. The van der Waals surface area contributed by atoms with E-state index in [-0.39, 0.29) is 17.7 Å². The number of benzene rings is 1. The van der Waals surface area contributed by atoms with Gasteiger partial charge in [0.1, 0.15) is 6.07 Å². The van der Waals surface area contributed by atoms with E-state index in [0.29, 0.717) is 0 Å². The van der Waals surface area contributed by atoms with Crippen molar-refractivity contribution in [1.82, 2.24) is 0 Å². The van der Waals surface area contributed by atoms with Crippen molar-refractivity contribution in [2.24, 2.45) is 0 Å². The lowest BCUT2D eigenvalue weighted by molar-refractivity contribution is -0.140. The van der Waals surface area contributed by atoms with Gasteiger partial charge in [-0.05, 0) is 18.2 Å². The normalized spacial score (nSPS) is 10.6. The molecule has 8 heteroatoms. The number of nitrogens with zero attached hydrogens (tertiary/aromatic N) is 2. The Balaban J connectivity index is 2.97. The van der Waals surface area contributed by atoms with Crippen LogP contribution in [0, 0.1) is 11.3 Å². The molecular formula is C13H17N3O4S. The lowest BCUT2D eigenvalue weighted by Crippen LogP contribution is -2.20. The summed E-state index contributed by atoms with van der Waals surface area (Å²) in [6.07, 6.45) is -0.249. The summed E-state index contributed by atoms with van der Waals surface area (Å²) in [5, 5.41) is 9.03. The van der Waals surface area contributed by atoms with E-state index < -0.39 is 21.7 Å². The topological polar surface area (TPSA) is 99.5 Å². The van der Waals surface area contributed by atoms with Gasteiger partial charge in [-0.3, -0.25) is 9.52 Å². The van der Waals surface area contributed by atoms with E-state index in [9.17, 15) is 13.2 Å². The van der Waals surface area contributed by atoms with Crippen molar-refractivity contribution in [2.45, 2.75) is 6.42 Å². The van der Waals surface area contributed by atoms with Crippen LogP contribution in [0.25, 0.3) is 0 Å². The maximum Gasteiger partial charge on any atom is 0.306 e. The molecule has 0 fully saturated rings. The highest BCUT2D eigenvalue weighted by atomic mass is 32.2. The van der Waals surface area contributed by atoms with Crippen LogP contribution in [0.15, 0.2) is 18.2 Å². The molecule has 1 aromatic rings. The second-order valence-corrected chi connectivity index (χ2v) is 6.33. The number of esters is 1. The van der Waals surface area contributed by atoms with Gasteiger partial charge in [0.05, 0.1) is 30.5 Å². The molecule has 0 aliphatic rings. The second kappa shape index (κ2) is 6.95. The maximum absolute atomic E-state index is 11.9. The van der Waals surface area contributed by atoms with Crippen molar-refractivity contribution in [2.75, 3.05) is 36.6 Å². The molecule has 0 radical (unpaired) electrons. The number of hydrogen-bond acceptors (Lipinski definition) is 6. The summed E-state index contributed by atoms with van der Waals surface area (Å²) in [6, 6.07) is 6.74. The van der Waals surface area contributed by atoms with Crippen molar-refractivity contribution in [1.29, 1.82) is 5.26 Å². The van der Waals surface area contributed by atoms with Crippen molar-refractivity contribution in [3.63, 3.8) is 0 Å². The predicted octanol–water partition coefficient (Wildman–Crippen LogP) is 0.929. The zero-order valence-corrected chi connectivity index (χ0v) is 12.9. The Bertz CT molecular complexity index is 662. The van der Waals surface area contributed by atoms with Gasteiger partial charge in [0.25, 0.3) is 0 Å². The zero-order valence-electron chi connectivity index (χ0n) is 12.1. The van der Waals surface area contributed by atoms with Crippen molar-refractivity contribution >= 4 is 27.4 Å². The minimum absolute atomic E-state index is 0.188. The van der Waals surface area contributed by atoms with E-state index in [4.69, 9.17) is 5.26 Å². The van der Waals surface area contributed by atoms with Crippen LogP contribution in [0.2, 0.25) is 0 Å². The van der Waals surface area contributed by atoms with Crippen molar-refractivity contribution < 1.29 is 17.9 Å². The number of sulfonamides is 1. The summed E-state index contributed by atoms with van der Waals surface area (Å²) in [5.74, 6) is -1.01. The average molecular weight is 311 g/mol. The fraction of sp³-hybridized carbons (Fsp3) is 0.385. The minimum atomic E-state index is -3.74. The summed E-state index contributed by atoms with van der Waals surface area (Å²) in [7, 11) is 1.06. The first kappa shape index (κ1) is 16.8. The second-order valence-electron chi connectivity index (χ2n) is 4.48. The Hall–Kier alpha value is -2.27. The van der Waals surface area contributed by atoms with E-state index >= 15 is 0 Å². The fourth-order valence-electron chi connectivity index (χ4n) is 1.53. The molecule has 0 bridgehead atoms. The van der Waals surface area contributed by atoms with Crippen LogP contribution < -0.4 is 9.62 Å². The number of carbonyl (C=O) groups is 1. The van der Waals surface area contributed by atoms with Crippen molar-refractivity contribution in [3.8, 4) is 6.07 Å². The molecule has 7 nitrogen and oxygen atoms in total. The van der Waals surface area contributed by atoms with Gasteiger partial charge in [0.2, 0.25) is 10.0 Å². The summed E-state index contributed by atoms with van der Waals surface area (Å²) < 4.78 is 30.6. The monoisotopic (exact) mass is 311 g/mol. The molecule has 0 saturated heterocycles. The van der Waals surface area contributed by atoms with Crippen LogP contribution in [0.4, 0.5) is 11.4 Å². The fourth-order valence-corrected chi connectivity index (χ4v) is 2.57. The van der Waals surface area contributed by atoms with Crippen molar-refractivity contribution in [3.05, 3.63) is 23.8 Å². The Morgan fingerprint density at radius 3 is 2.62 bits per heavy atom. The molecule has 0 aromatic heterocycles. The van der Waals surface area contributed by atoms with Crippen LogP contribution in [0.3, 0.4) is 0 Å². The molecule has 1 N–H and O–H groups in total. The Morgan fingerprint density at radius 2 is 2.10 bits per heavy atom. The van der Waals surface area contributed by atoms with Gasteiger partial charge >= 0.3 is 5.97 Å². The molecule has 0 aliphatic heterocycles. The highest BCUT2D eigenvalue weighted by Crippen LogP contribution is 2.23. The summed E-state index contributed by atoms with van der Waals surface area (Å²) in [6.45, 7) is 0. The first-order valence-electron chi connectivity index (χ1n) is 6.08. The maximum atomic E-state index is 11.9. The number of carbonyl (C=O) groups excluding carboxylic acids is 1. The first-order chi connectivity index (χ1) is 9.79. The molecule has 1 aromatic carbocycles. The number of anilines is 2. The number of hydrogen-bond donors (Lipinski definition) is 1. The van der Waals surface area contributed by atoms with Crippen LogP contribution in [-0.2, 0) is 19.6 Å². The van der Waals surface area contributed by atoms with Gasteiger partial charge in [-0.2, -0.15) is 5.26 Å². The third-order valence-electron chi connectivity index (χ3n) is 2.71. The molecule has 1 rings (SSSR count). The van der Waals surface area contributed by atoms with Gasteiger partial charge in [-0.25, -0.2) is 8.42 Å². The molecule has 21 heavy (non-hydrogen) atoms. The molecule has 0 atom stereocenters. The smallest absolute Gasteiger partial charge is 0.306 e. The van der Waals surface area contributed by atoms with E-state index in [1.807, 2.05) is 6.07 Å². The van der Waals surface area contributed by atoms with E-state index in [0.717, 1.165) is 5.69 Å². The van der Waals surface area contributed by atoms with Gasteiger partial charge in [-0.15, -0.1) is 0 Å². The van der Waals surface area contributed by atoms with Gasteiger partial charge < -0.3 is 9.64 Å². The van der Waals surface area contributed by atoms with Crippen LogP contribution in [0.5, 0.6) is 0 Å². The van der Waals surface area contributed by atoms with Gasteiger partial charge in [0.15, 0.2) is 0 Å². The van der Waals surface area contributed by atoms with E-state index in [1.54, 1.807) is 31.1 Å². The average Bonchev–Trinajstić information content (AvgIpc) is 2.44. The quantitative estimate of drug-likeness (QED) is 0.785. The molecule has 0 heterocycles. The zero-order chi connectivity index (χ0) is 16.0. The Kier molecular flexibility index (Phi) is 5.55. The summed E-state index contributed by atoms with van der Waals surface area (Å²) in [4.78, 5) is 12.8. The molecule has 114 valence electrons. The van der Waals surface area contributed by atoms with Crippen LogP contribution in [0.1, 0.15) is 12.0 Å². The Morgan fingerprint density at radius 1 is 1.43 bits per heavy atom. The van der Waals surface area contributed by atoms with Gasteiger partial charge in [0, 0.05) is 19.8 Å². The minimum Gasteiger partial charge on any atom is -0.469 e. The molecule has 0 unspecified atom stereocenters. The Labute approximate surface area is 124 Å². The molecule has 0 aliphatic carbocycles. The van der Waals surface area contributed by atoms with Gasteiger partial charge in [-0.1, -0.05) is 0 Å². The SMILES string of the molecule is COC(=O)CCS(=O)(=O)Nc1cc(N(C)C)ccc1C#N. The number of ether oxygens (including phenoxy) is 1. The predicted molar refractivity (Wildman–Crippen MR) is 79.5 cm³/mol. The number of rotatable bonds is 6. The van der Waals surface area contributed by atoms with Crippen LogP contribution in [-0.4, -0.2) is 41.3 Å². The van der Waals surface area contributed by atoms with E-state index in [1.165, 1.54) is 13.2 Å². The third-order valence-corrected chi connectivity index (χ3v) is 3.98. The molecular weight excluding hydrogens is 294 g/mol. The van der Waals surface area contributed by atoms with Crippen LogP contribution >= 0.6 is 0 Å². The standard InChI is InChI=1S/C13H17N3O4S/c1-16(2)11-5-4-10(9-14)12(8-11)15-21(18,19)7-6-13(17)20-3/h4-5,8,15H,6-7H2,1-3H3. The number of methoxy groups -OCH3 is 1. The molecule has 0 amide bonds. The molecule has 0 spiro atoms.